The van der Waals surface area contributed by atoms with E-state index in [1.54, 1.807) is 7.11 Å². The summed E-state index contributed by atoms with van der Waals surface area (Å²) >= 11 is 0. The van der Waals surface area contributed by atoms with Crippen molar-refractivity contribution in [3.63, 3.8) is 0 Å². The fraction of sp³-hybridized carbons (Fsp3) is 0.647. The molecular weight excluding hydrogens is 250 g/mol. The molecule has 110 valence electrons. The fourth-order valence-corrected chi connectivity index (χ4v) is 3.96. The van der Waals surface area contributed by atoms with Crippen LogP contribution in [-0.4, -0.2) is 25.9 Å². The first-order chi connectivity index (χ1) is 9.63. The molecule has 20 heavy (non-hydrogen) atoms. The molecular formula is C17H25NO2. The molecule has 3 rings (SSSR count). The van der Waals surface area contributed by atoms with Crippen LogP contribution >= 0.6 is 0 Å². The first-order valence-corrected chi connectivity index (χ1v) is 7.54. The molecule has 0 spiro atoms. The van der Waals surface area contributed by atoms with Crippen molar-refractivity contribution in [2.45, 2.75) is 45.6 Å². The monoisotopic (exact) mass is 275 g/mol. The molecule has 1 aromatic rings. The van der Waals surface area contributed by atoms with E-state index in [0.717, 1.165) is 13.2 Å². The molecule has 0 amide bonds. The van der Waals surface area contributed by atoms with Crippen LogP contribution in [0.1, 0.15) is 31.4 Å². The molecule has 1 saturated carbocycles. The van der Waals surface area contributed by atoms with Gasteiger partial charge in [0.25, 0.3) is 0 Å². The predicted molar refractivity (Wildman–Crippen MR) is 79.4 cm³/mol. The first kappa shape index (κ1) is 14.1. The Morgan fingerprint density at radius 2 is 2.15 bits per heavy atom. The normalized spacial score (nSPS) is 30.9. The van der Waals surface area contributed by atoms with E-state index in [2.05, 4.69) is 43.4 Å². The highest BCUT2D eigenvalue weighted by Gasteiger charge is 2.58. The van der Waals surface area contributed by atoms with E-state index in [4.69, 9.17) is 9.47 Å². The zero-order valence-corrected chi connectivity index (χ0v) is 12.7. The lowest BCUT2D eigenvalue weighted by Crippen LogP contribution is -2.65. The summed E-state index contributed by atoms with van der Waals surface area (Å²) in [7, 11) is 1.74. The standard InChI is InChI=1S/C17H25NO2/c1-17(2)15(14-7-8-20-16(14)17)18-10-12-5-4-6-13(9-12)11-19-3/h4-6,9,14-16,18H,7-8,10-11H2,1-3H3. The van der Waals surface area contributed by atoms with E-state index in [1.165, 1.54) is 17.5 Å². The first-order valence-electron chi connectivity index (χ1n) is 7.54. The molecule has 2 aliphatic rings. The number of fused-ring (bicyclic) bond motifs is 1. The lowest BCUT2D eigenvalue weighted by molar-refractivity contribution is -0.113. The van der Waals surface area contributed by atoms with Crippen LogP contribution in [0.2, 0.25) is 0 Å². The van der Waals surface area contributed by atoms with Crippen LogP contribution in [-0.2, 0) is 22.6 Å². The molecule has 3 nitrogen and oxygen atoms in total. The Morgan fingerprint density at radius 1 is 1.35 bits per heavy atom. The molecule has 1 aliphatic carbocycles. The Labute approximate surface area is 121 Å². The molecule has 1 N–H and O–H groups in total. The van der Waals surface area contributed by atoms with Gasteiger partial charge in [0, 0.05) is 37.6 Å². The third-order valence-corrected chi connectivity index (χ3v) is 4.93. The van der Waals surface area contributed by atoms with E-state index in [1.807, 2.05) is 0 Å². The summed E-state index contributed by atoms with van der Waals surface area (Å²) in [5.74, 6) is 0.701. The highest BCUT2D eigenvalue weighted by Crippen LogP contribution is 2.52. The highest BCUT2D eigenvalue weighted by molar-refractivity contribution is 5.23. The summed E-state index contributed by atoms with van der Waals surface area (Å²) in [5.41, 5.74) is 2.82. The SMILES string of the molecule is COCc1cccc(CNC2C3CCOC3C2(C)C)c1. The van der Waals surface area contributed by atoms with Crippen molar-refractivity contribution in [1.82, 2.24) is 5.32 Å². The summed E-state index contributed by atoms with van der Waals surface area (Å²) in [6.07, 6.45) is 1.66. The van der Waals surface area contributed by atoms with Gasteiger partial charge in [-0.3, -0.25) is 0 Å². The molecule has 2 fully saturated rings. The van der Waals surface area contributed by atoms with E-state index in [9.17, 15) is 0 Å². The van der Waals surface area contributed by atoms with Gasteiger partial charge in [-0.1, -0.05) is 38.1 Å². The lowest BCUT2D eigenvalue weighted by Gasteiger charge is -2.55. The van der Waals surface area contributed by atoms with Crippen LogP contribution in [0.15, 0.2) is 24.3 Å². The van der Waals surface area contributed by atoms with E-state index >= 15 is 0 Å². The minimum absolute atomic E-state index is 0.255. The van der Waals surface area contributed by atoms with Crippen LogP contribution < -0.4 is 5.32 Å². The molecule has 3 unspecified atom stereocenters. The summed E-state index contributed by atoms with van der Waals surface area (Å²) in [4.78, 5) is 0. The van der Waals surface area contributed by atoms with Crippen molar-refractivity contribution in [2.24, 2.45) is 11.3 Å². The van der Waals surface area contributed by atoms with E-state index in [0.29, 0.717) is 24.7 Å². The maximum atomic E-state index is 5.84. The Kier molecular flexibility index (Phi) is 3.85. The summed E-state index contributed by atoms with van der Waals surface area (Å²) < 4.78 is 11.0. The van der Waals surface area contributed by atoms with Crippen LogP contribution in [0.25, 0.3) is 0 Å². The number of hydrogen-bond donors (Lipinski definition) is 1. The highest BCUT2D eigenvalue weighted by atomic mass is 16.5. The van der Waals surface area contributed by atoms with E-state index < -0.39 is 0 Å². The fourth-order valence-electron chi connectivity index (χ4n) is 3.96. The number of methoxy groups -OCH3 is 1. The van der Waals surface area contributed by atoms with Gasteiger partial charge in [-0.05, 0) is 17.5 Å². The third kappa shape index (κ3) is 2.39. The van der Waals surface area contributed by atoms with Crippen molar-refractivity contribution in [1.29, 1.82) is 0 Å². The number of hydrogen-bond acceptors (Lipinski definition) is 3. The number of benzene rings is 1. The number of nitrogens with one attached hydrogen (secondary N) is 1. The van der Waals surface area contributed by atoms with Crippen LogP contribution in [0, 0.1) is 11.3 Å². The van der Waals surface area contributed by atoms with Gasteiger partial charge >= 0.3 is 0 Å². The zero-order valence-electron chi connectivity index (χ0n) is 12.7. The van der Waals surface area contributed by atoms with Gasteiger partial charge in [-0.2, -0.15) is 0 Å². The van der Waals surface area contributed by atoms with Gasteiger partial charge in [0.2, 0.25) is 0 Å². The molecule has 0 bridgehead atoms. The van der Waals surface area contributed by atoms with Crippen LogP contribution in [0.3, 0.4) is 0 Å². The zero-order chi connectivity index (χ0) is 14.2. The minimum atomic E-state index is 0.255. The summed E-state index contributed by atoms with van der Waals surface area (Å²) in [6.45, 7) is 7.17. The van der Waals surface area contributed by atoms with Gasteiger partial charge in [0.15, 0.2) is 0 Å². The summed E-state index contributed by atoms with van der Waals surface area (Å²) in [6, 6.07) is 9.20. The lowest BCUT2D eigenvalue weighted by atomic mass is 9.57. The molecule has 3 atom stereocenters. The van der Waals surface area contributed by atoms with Crippen molar-refractivity contribution in [3.8, 4) is 0 Å². The summed E-state index contributed by atoms with van der Waals surface area (Å²) in [5, 5.41) is 3.75. The Balaban J connectivity index is 1.61. The second-order valence-electron chi connectivity index (χ2n) is 6.68. The van der Waals surface area contributed by atoms with Gasteiger partial charge in [0.1, 0.15) is 0 Å². The van der Waals surface area contributed by atoms with E-state index in [-0.39, 0.29) is 5.41 Å². The molecule has 1 aromatic carbocycles. The van der Waals surface area contributed by atoms with Crippen molar-refractivity contribution in [3.05, 3.63) is 35.4 Å². The third-order valence-electron chi connectivity index (χ3n) is 4.93. The molecule has 1 aliphatic heterocycles. The Bertz CT molecular complexity index is 472. The largest absolute Gasteiger partial charge is 0.380 e. The maximum Gasteiger partial charge on any atom is 0.0713 e. The average molecular weight is 275 g/mol. The topological polar surface area (TPSA) is 30.5 Å². The van der Waals surface area contributed by atoms with Crippen molar-refractivity contribution >= 4 is 0 Å². The molecule has 1 saturated heterocycles. The number of ether oxygens (including phenoxy) is 2. The van der Waals surface area contributed by atoms with Gasteiger partial charge in [-0.15, -0.1) is 0 Å². The van der Waals surface area contributed by atoms with Crippen molar-refractivity contribution in [2.75, 3.05) is 13.7 Å². The smallest absolute Gasteiger partial charge is 0.0713 e. The Hall–Kier alpha value is -0.900. The minimum Gasteiger partial charge on any atom is -0.380 e. The van der Waals surface area contributed by atoms with Crippen molar-refractivity contribution < 1.29 is 9.47 Å². The maximum absolute atomic E-state index is 5.84. The Morgan fingerprint density at radius 3 is 2.95 bits per heavy atom. The average Bonchev–Trinajstić information content (AvgIpc) is 2.86. The molecule has 3 heteroatoms. The van der Waals surface area contributed by atoms with Gasteiger partial charge in [-0.25, -0.2) is 0 Å². The second-order valence-corrected chi connectivity index (χ2v) is 6.68. The number of rotatable bonds is 5. The quantitative estimate of drug-likeness (QED) is 0.896. The second kappa shape index (κ2) is 5.47. The molecule has 0 radical (unpaired) electrons. The molecule has 1 heterocycles. The molecule has 0 aromatic heterocycles. The predicted octanol–water partition coefficient (Wildman–Crippen LogP) is 2.74. The van der Waals surface area contributed by atoms with Crippen LogP contribution in [0.5, 0.6) is 0 Å². The van der Waals surface area contributed by atoms with Gasteiger partial charge < -0.3 is 14.8 Å². The van der Waals surface area contributed by atoms with Crippen LogP contribution in [0.4, 0.5) is 0 Å². The van der Waals surface area contributed by atoms with Gasteiger partial charge in [0.05, 0.1) is 12.7 Å².